The molecular weight excluding hydrogens is 629 g/mol. The number of aromatic nitrogens is 1. The first kappa shape index (κ1) is 33.7. The van der Waals surface area contributed by atoms with Crippen molar-refractivity contribution in [3.8, 4) is 11.5 Å². The lowest BCUT2D eigenvalue weighted by molar-refractivity contribution is -0.478. The minimum absolute atomic E-state index is 0.113. The first-order valence-corrected chi connectivity index (χ1v) is 14.6. The van der Waals surface area contributed by atoms with Crippen molar-refractivity contribution in [2.24, 2.45) is 0 Å². The molecule has 16 heteroatoms. The van der Waals surface area contributed by atoms with E-state index < -0.39 is 50.2 Å². The number of hydrogen-bond acceptors (Lipinski definition) is 10. The van der Waals surface area contributed by atoms with Crippen LogP contribution in [-0.4, -0.2) is 89.1 Å². The number of aliphatic hydroxyl groups is 3. The number of ether oxygens (including phenoxy) is 3. The fourth-order valence-electron chi connectivity index (χ4n) is 5.13. The number of halogens is 4. The summed E-state index contributed by atoms with van der Waals surface area (Å²) in [5, 5.41) is 28.0. The lowest BCUT2D eigenvalue weighted by Crippen LogP contribution is -2.51. The molecule has 2 heterocycles. The van der Waals surface area contributed by atoms with Gasteiger partial charge < -0.3 is 34.6 Å². The topological polar surface area (TPSA) is 128 Å². The average molecular weight is 661 g/mol. The molecule has 3 aromatic rings. The molecule has 1 unspecified atom stereocenters. The van der Waals surface area contributed by atoms with Crippen LogP contribution in [-0.2, 0) is 22.3 Å². The second kappa shape index (κ2) is 13.4. The van der Waals surface area contributed by atoms with Crippen molar-refractivity contribution < 1.29 is 46.9 Å². The van der Waals surface area contributed by atoms with Gasteiger partial charge in [-0.3, -0.25) is 9.04 Å². The lowest BCUT2D eigenvalue weighted by Gasteiger charge is -2.35. The molecular formula is C28H32ClF3N4O7S. The Balaban J connectivity index is 1.73. The molecule has 4 rings (SSSR count). The van der Waals surface area contributed by atoms with Crippen LogP contribution in [0.2, 0.25) is 5.02 Å². The smallest absolute Gasteiger partial charge is 0.405 e. The largest absolute Gasteiger partial charge is 0.497 e. The molecule has 2 atom stereocenters. The van der Waals surface area contributed by atoms with Crippen LogP contribution in [0, 0.1) is 17.6 Å². The van der Waals surface area contributed by atoms with E-state index in [2.05, 4.69) is 4.98 Å². The van der Waals surface area contributed by atoms with Gasteiger partial charge >= 0.3 is 6.16 Å². The number of anilines is 2. The van der Waals surface area contributed by atoms with Crippen molar-refractivity contribution in [2.75, 3.05) is 57.2 Å². The van der Waals surface area contributed by atoms with Crippen LogP contribution in [0.25, 0.3) is 0 Å². The second-order valence-electron chi connectivity index (χ2n) is 10.4. The third kappa shape index (κ3) is 7.54. The Labute approximate surface area is 259 Å². The molecule has 2 aromatic carbocycles. The van der Waals surface area contributed by atoms with E-state index in [-0.39, 0.29) is 44.1 Å². The Morgan fingerprint density at radius 1 is 1.11 bits per heavy atom. The van der Waals surface area contributed by atoms with E-state index in [4.69, 9.17) is 25.8 Å². The van der Waals surface area contributed by atoms with Crippen LogP contribution in [0.1, 0.15) is 12.0 Å². The highest BCUT2D eigenvalue weighted by atomic mass is 35.5. The Hall–Kier alpha value is -3.18. The number of methoxy groups -OCH3 is 2. The first-order chi connectivity index (χ1) is 20.7. The molecule has 1 aliphatic rings. The van der Waals surface area contributed by atoms with Gasteiger partial charge in [-0.15, -0.1) is 0 Å². The van der Waals surface area contributed by atoms with Gasteiger partial charge in [-0.1, -0.05) is 17.7 Å². The van der Waals surface area contributed by atoms with Crippen LogP contribution in [0.3, 0.4) is 0 Å². The highest BCUT2D eigenvalue weighted by Gasteiger charge is 2.46. The Morgan fingerprint density at radius 2 is 1.84 bits per heavy atom. The third-order valence-electron chi connectivity index (χ3n) is 6.85. The fraction of sp³-hybridized carbons (Fsp3) is 0.393. The summed E-state index contributed by atoms with van der Waals surface area (Å²) >= 11 is 6.40. The summed E-state index contributed by atoms with van der Waals surface area (Å²) in [6, 6.07) is 9.38. The SMILES string of the molecule is COc1ccc(CN(c2cccc(F)n2)S(=O)c2c(F)cc(N3CC[C@](CN(C)C)(OC(O)(O)O)C3)c(Cl)c2F)c(OC)c1. The van der Waals surface area contributed by atoms with Crippen molar-refractivity contribution >= 4 is 34.1 Å². The zero-order valence-corrected chi connectivity index (χ0v) is 25.8. The predicted molar refractivity (Wildman–Crippen MR) is 156 cm³/mol. The molecule has 0 saturated carbocycles. The maximum Gasteiger partial charge on any atom is 0.405 e. The van der Waals surface area contributed by atoms with Gasteiger partial charge in [0.25, 0.3) is 0 Å². The second-order valence-corrected chi connectivity index (χ2v) is 12.1. The minimum atomic E-state index is -3.45. The van der Waals surface area contributed by atoms with E-state index in [1.165, 1.54) is 31.3 Å². The zero-order chi connectivity index (χ0) is 32.4. The van der Waals surface area contributed by atoms with Gasteiger partial charge in [0, 0.05) is 37.3 Å². The van der Waals surface area contributed by atoms with Crippen LogP contribution in [0.15, 0.2) is 47.4 Å². The van der Waals surface area contributed by atoms with Crippen molar-refractivity contribution in [3.05, 3.63) is 70.6 Å². The van der Waals surface area contributed by atoms with Gasteiger partial charge in [-0.2, -0.15) is 4.39 Å². The maximum absolute atomic E-state index is 15.9. The molecule has 44 heavy (non-hydrogen) atoms. The Bertz CT molecular complexity index is 1530. The van der Waals surface area contributed by atoms with Crippen LogP contribution in [0.5, 0.6) is 11.5 Å². The van der Waals surface area contributed by atoms with E-state index in [0.717, 1.165) is 16.4 Å². The highest BCUT2D eigenvalue weighted by molar-refractivity contribution is 7.86. The Kier molecular flexibility index (Phi) is 10.3. The quantitative estimate of drug-likeness (QED) is 0.152. The normalized spacial score (nSPS) is 17.7. The zero-order valence-electron chi connectivity index (χ0n) is 24.3. The number of rotatable bonds is 12. The van der Waals surface area contributed by atoms with Crippen LogP contribution in [0.4, 0.5) is 24.7 Å². The van der Waals surface area contributed by atoms with E-state index in [0.29, 0.717) is 17.1 Å². The molecule has 3 N–H and O–H groups in total. The van der Waals surface area contributed by atoms with Gasteiger partial charge in [-0.25, -0.2) is 18.0 Å². The number of hydrogen-bond donors (Lipinski definition) is 3. The standard InChI is InChI=1S/C28H32ClF3N4O7S/c1-34(2)15-27(43-28(37,38)39)10-11-35(16-27)20-13-19(30)26(25(32)24(20)29)44(40)36(23-7-5-6-22(31)33-23)14-17-8-9-18(41-3)12-21(17)42-4/h5-9,12-13,37-39H,10-11,14-16H2,1-4H3/t27-,44?/m1/s1. The highest BCUT2D eigenvalue weighted by Crippen LogP contribution is 2.40. The molecule has 0 amide bonds. The van der Waals surface area contributed by atoms with Crippen molar-refractivity contribution in [1.29, 1.82) is 0 Å². The molecule has 11 nitrogen and oxygen atoms in total. The molecule has 1 aromatic heterocycles. The number of likely N-dealkylation sites (N-methyl/N-ethyl adjacent to an activating group) is 1. The fourth-order valence-corrected chi connectivity index (χ4v) is 6.68. The molecule has 1 fully saturated rings. The Morgan fingerprint density at radius 3 is 2.45 bits per heavy atom. The van der Waals surface area contributed by atoms with Gasteiger partial charge in [0.05, 0.1) is 26.5 Å². The molecule has 0 bridgehead atoms. The van der Waals surface area contributed by atoms with E-state index in [1.54, 1.807) is 37.2 Å². The number of pyridine rings is 1. The summed E-state index contributed by atoms with van der Waals surface area (Å²) in [6.07, 6.45) is -3.32. The summed E-state index contributed by atoms with van der Waals surface area (Å²) < 4.78 is 76.5. The van der Waals surface area contributed by atoms with E-state index >= 15 is 8.78 Å². The average Bonchev–Trinajstić information content (AvgIpc) is 3.34. The minimum Gasteiger partial charge on any atom is -0.497 e. The van der Waals surface area contributed by atoms with Gasteiger partial charge in [0.2, 0.25) is 5.95 Å². The molecule has 1 saturated heterocycles. The number of benzene rings is 2. The van der Waals surface area contributed by atoms with Gasteiger partial charge in [0.1, 0.15) is 38.7 Å². The molecule has 0 aliphatic carbocycles. The molecule has 0 spiro atoms. The van der Waals surface area contributed by atoms with Crippen molar-refractivity contribution in [2.45, 2.75) is 29.6 Å². The van der Waals surface area contributed by atoms with Crippen molar-refractivity contribution in [3.63, 3.8) is 0 Å². The summed E-state index contributed by atoms with van der Waals surface area (Å²) in [6.45, 7) is -0.175. The molecule has 1 aliphatic heterocycles. The van der Waals surface area contributed by atoms with E-state index in [1.807, 2.05) is 0 Å². The third-order valence-corrected chi connectivity index (χ3v) is 8.65. The summed E-state index contributed by atoms with van der Waals surface area (Å²) in [7, 11) is 3.60. The summed E-state index contributed by atoms with van der Waals surface area (Å²) in [4.78, 5) is 6.00. The van der Waals surface area contributed by atoms with Gasteiger partial charge in [-0.05, 0) is 44.8 Å². The van der Waals surface area contributed by atoms with Crippen LogP contribution >= 0.6 is 11.6 Å². The summed E-state index contributed by atoms with van der Waals surface area (Å²) in [5.41, 5.74) is -1.03. The van der Waals surface area contributed by atoms with Crippen molar-refractivity contribution in [1.82, 2.24) is 9.88 Å². The van der Waals surface area contributed by atoms with Crippen LogP contribution < -0.4 is 18.7 Å². The first-order valence-electron chi connectivity index (χ1n) is 13.1. The van der Waals surface area contributed by atoms with Gasteiger partial charge in [0.15, 0.2) is 16.8 Å². The number of nitrogens with zero attached hydrogens (tertiary/aromatic N) is 4. The predicted octanol–water partition coefficient (Wildman–Crippen LogP) is 3.01. The lowest BCUT2D eigenvalue weighted by atomic mass is 10.0. The maximum atomic E-state index is 15.9. The molecule has 240 valence electrons. The summed E-state index contributed by atoms with van der Waals surface area (Å²) in [5.74, 6) is -2.84. The molecule has 0 radical (unpaired) electrons. The monoisotopic (exact) mass is 660 g/mol. The van der Waals surface area contributed by atoms with E-state index in [9.17, 15) is 23.9 Å².